The summed E-state index contributed by atoms with van der Waals surface area (Å²) in [5, 5.41) is 2.73. The SMILES string of the molecule is CCN(CC(=O)Nc1cccc(OC)c1)C(=O)CCc1c(C)[nH]c(=O)[nH]c1=O. The van der Waals surface area contributed by atoms with Gasteiger partial charge in [-0.05, 0) is 32.4 Å². The van der Waals surface area contributed by atoms with Crippen LogP contribution in [0.4, 0.5) is 5.69 Å². The number of anilines is 1. The van der Waals surface area contributed by atoms with E-state index in [2.05, 4.69) is 15.3 Å². The molecule has 3 N–H and O–H groups in total. The summed E-state index contributed by atoms with van der Waals surface area (Å²) in [7, 11) is 1.54. The van der Waals surface area contributed by atoms with E-state index in [0.29, 0.717) is 29.2 Å². The first kappa shape index (κ1) is 20.9. The van der Waals surface area contributed by atoms with Crippen LogP contribution >= 0.6 is 0 Å². The van der Waals surface area contributed by atoms with Crippen molar-refractivity contribution in [2.45, 2.75) is 26.7 Å². The van der Waals surface area contributed by atoms with Crippen LogP contribution in [0.15, 0.2) is 33.9 Å². The summed E-state index contributed by atoms with van der Waals surface area (Å²) in [6, 6.07) is 6.92. The van der Waals surface area contributed by atoms with Crippen LogP contribution in [0.25, 0.3) is 0 Å². The summed E-state index contributed by atoms with van der Waals surface area (Å²) >= 11 is 0. The monoisotopic (exact) mass is 388 g/mol. The van der Waals surface area contributed by atoms with Gasteiger partial charge in [0.05, 0.1) is 13.7 Å². The van der Waals surface area contributed by atoms with Gasteiger partial charge in [0.2, 0.25) is 11.8 Å². The number of H-pyrrole nitrogens is 2. The molecule has 0 aliphatic rings. The van der Waals surface area contributed by atoms with Crippen molar-refractivity contribution >= 4 is 17.5 Å². The van der Waals surface area contributed by atoms with Crippen molar-refractivity contribution in [3.8, 4) is 5.75 Å². The molecule has 1 heterocycles. The third kappa shape index (κ3) is 5.57. The maximum atomic E-state index is 12.5. The van der Waals surface area contributed by atoms with E-state index in [-0.39, 0.29) is 31.2 Å². The summed E-state index contributed by atoms with van der Waals surface area (Å²) in [4.78, 5) is 53.9. The summed E-state index contributed by atoms with van der Waals surface area (Å²) in [5.74, 6) is 0.0255. The molecule has 150 valence electrons. The molecular formula is C19H24N4O5. The number of ether oxygens (including phenoxy) is 1. The molecule has 0 bridgehead atoms. The number of aromatic amines is 2. The molecule has 1 aromatic heterocycles. The van der Waals surface area contributed by atoms with Gasteiger partial charge in [-0.2, -0.15) is 0 Å². The third-order valence-corrected chi connectivity index (χ3v) is 4.27. The zero-order chi connectivity index (χ0) is 20.7. The first-order valence-electron chi connectivity index (χ1n) is 8.87. The number of amides is 2. The Bertz CT molecular complexity index is 963. The molecule has 28 heavy (non-hydrogen) atoms. The van der Waals surface area contributed by atoms with Gasteiger partial charge in [-0.1, -0.05) is 6.07 Å². The van der Waals surface area contributed by atoms with E-state index in [9.17, 15) is 19.2 Å². The molecule has 0 aliphatic carbocycles. The smallest absolute Gasteiger partial charge is 0.325 e. The minimum atomic E-state index is -0.582. The minimum Gasteiger partial charge on any atom is -0.497 e. The lowest BCUT2D eigenvalue weighted by atomic mass is 10.1. The van der Waals surface area contributed by atoms with E-state index in [1.54, 1.807) is 38.1 Å². The Balaban J connectivity index is 1.96. The Morgan fingerprint density at radius 1 is 1.21 bits per heavy atom. The number of aryl methyl sites for hydroxylation is 1. The van der Waals surface area contributed by atoms with E-state index in [4.69, 9.17) is 4.74 Å². The molecule has 0 spiro atoms. The second-order valence-corrected chi connectivity index (χ2v) is 6.20. The largest absolute Gasteiger partial charge is 0.497 e. The number of methoxy groups -OCH3 is 1. The number of nitrogens with one attached hydrogen (secondary N) is 3. The summed E-state index contributed by atoms with van der Waals surface area (Å²) in [6.45, 7) is 3.63. The fourth-order valence-electron chi connectivity index (χ4n) is 2.77. The molecule has 0 saturated carbocycles. The van der Waals surface area contributed by atoms with E-state index < -0.39 is 11.2 Å². The Kier molecular flexibility index (Phi) is 7.14. The second-order valence-electron chi connectivity index (χ2n) is 6.20. The summed E-state index contributed by atoms with van der Waals surface area (Å²) in [6.07, 6.45) is 0.223. The first-order chi connectivity index (χ1) is 13.3. The molecule has 2 amide bonds. The van der Waals surface area contributed by atoms with E-state index in [1.165, 1.54) is 12.0 Å². The highest BCUT2D eigenvalue weighted by atomic mass is 16.5. The zero-order valence-electron chi connectivity index (χ0n) is 16.1. The fraction of sp³-hybridized carbons (Fsp3) is 0.368. The third-order valence-electron chi connectivity index (χ3n) is 4.27. The van der Waals surface area contributed by atoms with Crippen LogP contribution in [0, 0.1) is 6.92 Å². The number of hydrogen-bond donors (Lipinski definition) is 3. The summed E-state index contributed by atoms with van der Waals surface area (Å²) < 4.78 is 5.11. The normalized spacial score (nSPS) is 10.4. The molecule has 0 aliphatic heterocycles. The zero-order valence-corrected chi connectivity index (χ0v) is 16.1. The van der Waals surface area contributed by atoms with E-state index >= 15 is 0 Å². The van der Waals surface area contributed by atoms with Gasteiger partial charge in [0.1, 0.15) is 5.75 Å². The lowest BCUT2D eigenvalue weighted by Crippen LogP contribution is -2.38. The van der Waals surface area contributed by atoms with Crippen molar-refractivity contribution in [3.05, 3.63) is 56.4 Å². The lowest BCUT2D eigenvalue weighted by molar-refractivity contribution is -0.134. The van der Waals surface area contributed by atoms with Crippen LogP contribution in [0.1, 0.15) is 24.6 Å². The average molecular weight is 388 g/mol. The number of carbonyl (C=O) groups is 2. The Labute approximate surface area is 161 Å². The topological polar surface area (TPSA) is 124 Å². The van der Waals surface area contributed by atoms with Crippen molar-refractivity contribution in [2.24, 2.45) is 0 Å². The number of likely N-dealkylation sites (N-methyl/N-ethyl adjacent to an activating group) is 1. The fourth-order valence-corrected chi connectivity index (χ4v) is 2.77. The van der Waals surface area contributed by atoms with Gasteiger partial charge >= 0.3 is 5.69 Å². The maximum absolute atomic E-state index is 12.5. The van der Waals surface area contributed by atoms with Gasteiger partial charge in [0, 0.05) is 36.0 Å². The Hall–Kier alpha value is -3.36. The molecule has 0 radical (unpaired) electrons. The number of nitrogens with zero attached hydrogens (tertiary/aromatic N) is 1. The van der Waals surface area contributed by atoms with Crippen LogP contribution in [-0.4, -0.2) is 46.9 Å². The number of benzene rings is 1. The second kappa shape index (κ2) is 9.54. The number of aromatic nitrogens is 2. The molecule has 0 atom stereocenters. The minimum absolute atomic E-state index is 0.0518. The van der Waals surface area contributed by atoms with Gasteiger partial charge in [0.25, 0.3) is 5.56 Å². The highest BCUT2D eigenvalue weighted by Gasteiger charge is 2.17. The number of carbonyl (C=O) groups excluding carboxylic acids is 2. The van der Waals surface area contributed by atoms with Gasteiger partial charge < -0.3 is 19.9 Å². The van der Waals surface area contributed by atoms with Crippen LogP contribution in [0.5, 0.6) is 5.75 Å². The van der Waals surface area contributed by atoms with E-state index in [1.807, 2.05) is 0 Å². The molecular weight excluding hydrogens is 364 g/mol. The molecule has 0 saturated heterocycles. The van der Waals surface area contributed by atoms with Crippen molar-refractivity contribution in [1.29, 1.82) is 0 Å². The quantitative estimate of drug-likeness (QED) is 0.617. The molecule has 9 nitrogen and oxygen atoms in total. The Morgan fingerprint density at radius 3 is 2.61 bits per heavy atom. The molecule has 0 fully saturated rings. The van der Waals surface area contributed by atoms with Gasteiger partial charge in [0.15, 0.2) is 0 Å². The van der Waals surface area contributed by atoms with Gasteiger partial charge in [-0.3, -0.25) is 19.4 Å². The standard InChI is InChI=1S/C19H24N4O5/c1-4-23(11-16(24)21-13-6-5-7-14(10-13)28-3)17(25)9-8-15-12(2)20-19(27)22-18(15)26/h5-7,10H,4,8-9,11H2,1-3H3,(H,21,24)(H2,20,22,26,27). The Morgan fingerprint density at radius 2 is 1.96 bits per heavy atom. The van der Waals surface area contributed by atoms with Crippen LogP contribution in [0.2, 0.25) is 0 Å². The molecule has 2 aromatic rings. The predicted molar refractivity (Wildman–Crippen MR) is 105 cm³/mol. The molecule has 2 rings (SSSR count). The average Bonchev–Trinajstić information content (AvgIpc) is 2.65. The van der Waals surface area contributed by atoms with Gasteiger partial charge in [-0.25, -0.2) is 4.79 Å². The predicted octanol–water partition coefficient (Wildman–Crippen LogP) is 0.800. The summed E-state index contributed by atoms with van der Waals surface area (Å²) in [5.41, 5.74) is 0.267. The van der Waals surface area contributed by atoms with Crippen molar-refractivity contribution in [3.63, 3.8) is 0 Å². The first-order valence-corrected chi connectivity index (χ1v) is 8.87. The number of hydrogen-bond acceptors (Lipinski definition) is 5. The van der Waals surface area contributed by atoms with E-state index in [0.717, 1.165) is 0 Å². The highest BCUT2D eigenvalue weighted by Crippen LogP contribution is 2.16. The molecule has 0 unspecified atom stereocenters. The van der Waals surface area contributed by atoms with Crippen LogP contribution in [0.3, 0.4) is 0 Å². The molecule has 9 heteroatoms. The van der Waals surface area contributed by atoms with Crippen molar-refractivity contribution in [1.82, 2.24) is 14.9 Å². The maximum Gasteiger partial charge on any atom is 0.325 e. The lowest BCUT2D eigenvalue weighted by Gasteiger charge is -2.20. The van der Waals surface area contributed by atoms with Gasteiger partial charge in [-0.15, -0.1) is 0 Å². The van der Waals surface area contributed by atoms with Crippen molar-refractivity contribution < 1.29 is 14.3 Å². The van der Waals surface area contributed by atoms with Crippen LogP contribution < -0.4 is 21.3 Å². The van der Waals surface area contributed by atoms with Crippen LogP contribution in [-0.2, 0) is 16.0 Å². The molecule has 1 aromatic carbocycles. The highest BCUT2D eigenvalue weighted by molar-refractivity contribution is 5.94. The number of rotatable bonds is 8. The van der Waals surface area contributed by atoms with Crippen molar-refractivity contribution in [2.75, 3.05) is 25.5 Å².